The lowest BCUT2D eigenvalue weighted by Gasteiger charge is -2.28. The Kier molecular flexibility index (Phi) is 9.97. The van der Waals surface area contributed by atoms with Crippen LogP contribution in [0.25, 0.3) is 0 Å². The van der Waals surface area contributed by atoms with Gasteiger partial charge < -0.3 is 0 Å². The van der Waals surface area contributed by atoms with Gasteiger partial charge in [-0.25, -0.2) is 0 Å². The lowest BCUT2D eigenvalue weighted by molar-refractivity contribution is 0.224. The highest BCUT2D eigenvalue weighted by molar-refractivity contribution is 4.71. The van der Waals surface area contributed by atoms with Crippen molar-refractivity contribution >= 4 is 0 Å². The minimum Gasteiger partial charge on any atom is -0.0654 e. The van der Waals surface area contributed by atoms with Gasteiger partial charge in [-0.05, 0) is 30.1 Å². The van der Waals surface area contributed by atoms with E-state index in [0.717, 1.165) is 23.7 Å². The van der Waals surface area contributed by atoms with Crippen LogP contribution in [0.5, 0.6) is 0 Å². The van der Waals surface area contributed by atoms with E-state index >= 15 is 0 Å². The summed E-state index contributed by atoms with van der Waals surface area (Å²) in [7, 11) is 0. The maximum atomic E-state index is 2.47. The van der Waals surface area contributed by atoms with E-state index in [2.05, 4.69) is 41.5 Å². The minimum atomic E-state index is 0.908. The molecule has 0 heterocycles. The minimum absolute atomic E-state index is 0.908. The van der Waals surface area contributed by atoms with Crippen molar-refractivity contribution in [1.82, 2.24) is 0 Å². The molecular weight excluding hydrogens is 204 g/mol. The Balaban J connectivity index is 4.07. The molecule has 0 nitrogen and oxygen atoms in total. The summed E-state index contributed by atoms with van der Waals surface area (Å²) in [6.07, 6.45) is 9.75. The van der Waals surface area contributed by atoms with Crippen molar-refractivity contribution in [2.45, 2.75) is 86.5 Å². The second-order valence-electron chi connectivity index (χ2n) is 6.27. The van der Waals surface area contributed by atoms with Crippen molar-refractivity contribution in [2.75, 3.05) is 0 Å². The molecule has 0 spiro atoms. The third-order valence-electron chi connectivity index (χ3n) is 4.73. The Morgan fingerprint density at radius 2 is 1.35 bits per heavy atom. The Morgan fingerprint density at radius 1 is 0.706 bits per heavy atom. The summed E-state index contributed by atoms with van der Waals surface area (Å²) in [5, 5.41) is 0. The fourth-order valence-corrected chi connectivity index (χ4v) is 3.01. The molecule has 0 aromatic carbocycles. The third kappa shape index (κ3) is 7.11. The maximum Gasteiger partial charge on any atom is -0.0388 e. The molecule has 0 fully saturated rings. The molecule has 17 heavy (non-hydrogen) atoms. The van der Waals surface area contributed by atoms with E-state index in [-0.39, 0.29) is 0 Å². The van der Waals surface area contributed by atoms with Gasteiger partial charge in [0.2, 0.25) is 0 Å². The van der Waals surface area contributed by atoms with Crippen LogP contribution in [0.4, 0.5) is 0 Å². The van der Waals surface area contributed by atoms with Crippen LogP contribution in [0.1, 0.15) is 86.5 Å². The molecule has 0 aliphatic carbocycles. The fourth-order valence-electron chi connectivity index (χ4n) is 3.01. The summed E-state index contributed by atoms with van der Waals surface area (Å²) in [5.74, 6) is 3.70. The number of hydrogen-bond acceptors (Lipinski definition) is 0. The van der Waals surface area contributed by atoms with E-state index in [4.69, 9.17) is 0 Å². The van der Waals surface area contributed by atoms with Crippen LogP contribution in [0.15, 0.2) is 0 Å². The second-order valence-corrected chi connectivity index (χ2v) is 6.27. The van der Waals surface area contributed by atoms with Crippen LogP contribution in [0, 0.1) is 23.7 Å². The summed E-state index contributed by atoms with van der Waals surface area (Å²) in [5.41, 5.74) is 0. The molecule has 0 bridgehead atoms. The molecule has 0 aliphatic rings. The summed E-state index contributed by atoms with van der Waals surface area (Å²) < 4.78 is 0. The van der Waals surface area contributed by atoms with Gasteiger partial charge in [-0.1, -0.05) is 80.1 Å². The largest absolute Gasteiger partial charge is 0.0654 e. The van der Waals surface area contributed by atoms with E-state index in [9.17, 15) is 0 Å². The monoisotopic (exact) mass is 240 g/mol. The molecule has 4 atom stereocenters. The highest BCUT2D eigenvalue weighted by Gasteiger charge is 2.20. The number of rotatable bonds is 10. The predicted molar refractivity (Wildman–Crippen MR) is 80.3 cm³/mol. The van der Waals surface area contributed by atoms with E-state index in [1.54, 1.807) is 0 Å². The third-order valence-corrected chi connectivity index (χ3v) is 4.73. The molecule has 0 radical (unpaired) electrons. The lowest BCUT2D eigenvalue weighted by atomic mass is 9.77. The Labute approximate surface area is 111 Å². The number of unbranched alkanes of at least 4 members (excludes halogenated alkanes) is 1. The van der Waals surface area contributed by atoms with Gasteiger partial charge in [0.15, 0.2) is 0 Å². The molecule has 0 amide bonds. The topological polar surface area (TPSA) is 0 Å². The van der Waals surface area contributed by atoms with Gasteiger partial charge in [-0.2, -0.15) is 0 Å². The zero-order valence-electron chi connectivity index (χ0n) is 13.3. The molecule has 0 aliphatic heterocycles. The predicted octanol–water partition coefficient (Wildman–Crippen LogP) is 6.30. The van der Waals surface area contributed by atoms with Crippen LogP contribution in [0.3, 0.4) is 0 Å². The van der Waals surface area contributed by atoms with E-state index in [1.165, 1.54) is 44.9 Å². The average molecular weight is 240 g/mol. The summed E-state index contributed by atoms with van der Waals surface area (Å²) >= 11 is 0. The number of hydrogen-bond donors (Lipinski definition) is 0. The van der Waals surface area contributed by atoms with Gasteiger partial charge in [0, 0.05) is 0 Å². The van der Waals surface area contributed by atoms with Crippen molar-refractivity contribution in [3.8, 4) is 0 Å². The van der Waals surface area contributed by atoms with Crippen LogP contribution in [0.2, 0.25) is 0 Å². The zero-order chi connectivity index (χ0) is 13.3. The smallest absolute Gasteiger partial charge is 0.0388 e. The summed E-state index contributed by atoms with van der Waals surface area (Å²) in [6.45, 7) is 14.4. The van der Waals surface area contributed by atoms with Crippen LogP contribution < -0.4 is 0 Å². The quantitative estimate of drug-likeness (QED) is 0.420. The lowest BCUT2D eigenvalue weighted by Crippen LogP contribution is -2.18. The summed E-state index contributed by atoms with van der Waals surface area (Å²) in [6, 6.07) is 0. The van der Waals surface area contributed by atoms with Crippen LogP contribution >= 0.6 is 0 Å². The molecule has 0 N–H and O–H groups in total. The average Bonchev–Trinajstić information content (AvgIpc) is 2.32. The SMILES string of the molecule is CCCCC(C)C(C)CC(CC)C(C)CCC. The molecular formula is C17H36. The first kappa shape index (κ1) is 17.0. The van der Waals surface area contributed by atoms with Crippen LogP contribution in [-0.2, 0) is 0 Å². The van der Waals surface area contributed by atoms with E-state index in [0.29, 0.717) is 0 Å². The Bertz CT molecular complexity index is 161. The van der Waals surface area contributed by atoms with Crippen molar-refractivity contribution < 1.29 is 0 Å². The van der Waals surface area contributed by atoms with Crippen molar-refractivity contribution in [3.63, 3.8) is 0 Å². The first-order valence-electron chi connectivity index (χ1n) is 8.06. The summed E-state index contributed by atoms with van der Waals surface area (Å²) in [4.78, 5) is 0. The standard InChI is InChI=1S/C17H36/c1-7-10-12-14(4)16(6)13-17(9-3)15(5)11-8-2/h14-17H,7-13H2,1-6H3. The highest BCUT2D eigenvalue weighted by Crippen LogP contribution is 2.31. The van der Waals surface area contributed by atoms with Gasteiger partial charge in [-0.3, -0.25) is 0 Å². The van der Waals surface area contributed by atoms with Gasteiger partial charge in [-0.15, -0.1) is 0 Å². The molecule has 104 valence electrons. The van der Waals surface area contributed by atoms with Crippen molar-refractivity contribution in [2.24, 2.45) is 23.7 Å². The normalized spacial score (nSPS) is 18.7. The molecule has 0 saturated carbocycles. The molecule has 0 saturated heterocycles. The first-order chi connectivity index (χ1) is 8.06. The van der Waals surface area contributed by atoms with Gasteiger partial charge in [0.25, 0.3) is 0 Å². The Hall–Kier alpha value is 0. The van der Waals surface area contributed by atoms with E-state index in [1.807, 2.05) is 0 Å². The van der Waals surface area contributed by atoms with Gasteiger partial charge in [0.05, 0.1) is 0 Å². The molecule has 0 heteroatoms. The maximum absolute atomic E-state index is 2.47. The fraction of sp³-hybridized carbons (Fsp3) is 1.00. The second kappa shape index (κ2) is 9.97. The van der Waals surface area contributed by atoms with E-state index < -0.39 is 0 Å². The molecule has 0 aromatic heterocycles. The van der Waals surface area contributed by atoms with Crippen molar-refractivity contribution in [1.29, 1.82) is 0 Å². The van der Waals surface area contributed by atoms with Crippen molar-refractivity contribution in [3.05, 3.63) is 0 Å². The van der Waals surface area contributed by atoms with Gasteiger partial charge in [0.1, 0.15) is 0 Å². The van der Waals surface area contributed by atoms with Gasteiger partial charge >= 0.3 is 0 Å². The molecule has 4 unspecified atom stereocenters. The Morgan fingerprint density at radius 3 is 1.82 bits per heavy atom. The highest BCUT2D eigenvalue weighted by atomic mass is 14.3. The first-order valence-corrected chi connectivity index (χ1v) is 8.06. The molecule has 0 rings (SSSR count). The van der Waals surface area contributed by atoms with Crippen LogP contribution in [-0.4, -0.2) is 0 Å². The molecule has 0 aromatic rings. The zero-order valence-corrected chi connectivity index (χ0v) is 13.3.